The van der Waals surface area contributed by atoms with Gasteiger partial charge in [0.15, 0.2) is 4.32 Å². The van der Waals surface area contributed by atoms with Crippen LogP contribution in [0.1, 0.15) is 11.1 Å². The largest absolute Gasteiger partial charge is 0.416 e. The van der Waals surface area contributed by atoms with Gasteiger partial charge in [-0.15, -0.1) is 0 Å². The van der Waals surface area contributed by atoms with Gasteiger partial charge in [0.25, 0.3) is 5.91 Å². The molecule has 0 aliphatic carbocycles. The number of benzene rings is 2. The van der Waals surface area contributed by atoms with Crippen LogP contribution in [0.25, 0.3) is 6.08 Å². The van der Waals surface area contributed by atoms with Crippen molar-refractivity contribution in [2.75, 3.05) is 4.90 Å². The SMILES string of the molecule is O=C1C(=Cc2c(F)cccc2Cl)SC(=S)N1c1cccc(C(F)(F)F)c1. The highest BCUT2D eigenvalue weighted by Crippen LogP contribution is 2.39. The number of carbonyl (C=O) groups is 1. The van der Waals surface area contributed by atoms with Crippen LogP contribution in [0.4, 0.5) is 23.2 Å². The number of thiocarbonyl (C=S) groups is 1. The summed E-state index contributed by atoms with van der Waals surface area (Å²) >= 11 is 11.9. The number of hydrogen-bond donors (Lipinski definition) is 0. The fourth-order valence-corrected chi connectivity index (χ4v) is 3.79. The topological polar surface area (TPSA) is 20.3 Å². The standard InChI is InChI=1S/C17H8ClF4NOS2/c18-12-5-2-6-13(19)11(12)8-14-15(24)23(16(25)26-14)10-4-1-3-9(7-10)17(20,21)22/h1-8H. The molecular weight excluding hydrogens is 410 g/mol. The zero-order chi connectivity index (χ0) is 19.1. The van der Waals surface area contributed by atoms with Gasteiger partial charge in [-0.25, -0.2) is 4.39 Å². The van der Waals surface area contributed by atoms with Gasteiger partial charge in [0.05, 0.1) is 21.2 Å². The minimum absolute atomic E-state index is 0.00893. The maximum Gasteiger partial charge on any atom is 0.416 e. The van der Waals surface area contributed by atoms with Crippen molar-refractivity contribution < 1.29 is 22.4 Å². The summed E-state index contributed by atoms with van der Waals surface area (Å²) < 4.78 is 52.6. The average Bonchev–Trinajstić information content (AvgIpc) is 2.84. The fourth-order valence-electron chi connectivity index (χ4n) is 2.29. The van der Waals surface area contributed by atoms with Gasteiger partial charge < -0.3 is 0 Å². The Bertz CT molecular complexity index is 922. The molecule has 1 saturated heterocycles. The third-order valence-electron chi connectivity index (χ3n) is 3.50. The molecule has 1 aliphatic heterocycles. The predicted molar refractivity (Wildman–Crippen MR) is 98.5 cm³/mol. The molecule has 0 N–H and O–H groups in total. The molecule has 1 fully saturated rings. The molecule has 2 aromatic rings. The van der Waals surface area contributed by atoms with E-state index in [1.54, 1.807) is 0 Å². The normalized spacial score (nSPS) is 16.7. The van der Waals surface area contributed by atoms with Gasteiger partial charge in [0.1, 0.15) is 5.82 Å². The van der Waals surface area contributed by atoms with Crippen LogP contribution in [0, 0.1) is 5.82 Å². The van der Waals surface area contributed by atoms with Crippen LogP contribution in [-0.4, -0.2) is 10.2 Å². The number of halogens is 5. The monoisotopic (exact) mass is 417 g/mol. The van der Waals surface area contributed by atoms with Crippen molar-refractivity contribution in [2.45, 2.75) is 6.18 Å². The molecule has 26 heavy (non-hydrogen) atoms. The van der Waals surface area contributed by atoms with Crippen molar-refractivity contribution in [3.8, 4) is 0 Å². The third kappa shape index (κ3) is 3.62. The highest BCUT2D eigenvalue weighted by Gasteiger charge is 2.36. The second kappa shape index (κ2) is 7.02. The number of hydrogen-bond acceptors (Lipinski definition) is 3. The Morgan fingerprint density at radius 1 is 1.15 bits per heavy atom. The summed E-state index contributed by atoms with van der Waals surface area (Å²) in [5.74, 6) is -1.26. The van der Waals surface area contributed by atoms with Gasteiger partial charge in [-0.3, -0.25) is 9.69 Å². The molecule has 2 nitrogen and oxygen atoms in total. The molecular formula is C17H8ClF4NOS2. The van der Waals surface area contributed by atoms with Crippen molar-refractivity contribution in [1.29, 1.82) is 0 Å². The lowest BCUT2D eigenvalue weighted by Gasteiger charge is -2.16. The number of nitrogens with zero attached hydrogens (tertiary/aromatic N) is 1. The Morgan fingerprint density at radius 2 is 1.85 bits per heavy atom. The molecule has 0 unspecified atom stereocenters. The molecule has 1 amide bonds. The Kier molecular flexibility index (Phi) is 5.09. The number of anilines is 1. The molecule has 0 bridgehead atoms. The van der Waals surface area contributed by atoms with Crippen LogP contribution < -0.4 is 4.90 Å². The van der Waals surface area contributed by atoms with E-state index in [1.807, 2.05) is 0 Å². The highest BCUT2D eigenvalue weighted by atomic mass is 35.5. The molecule has 0 spiro atoms. The van der Waals surface area contributed by atoms with Gasteiger partial charge in [-0.05, 0) is 36.4 Å². The van der Waals surface area contributed by atoms with E-state index in [1.165, 1.54) is 36.4 Å². The average molecular weight is 418 g/mol. The smallest absolute Gasteiger partial charge is 0.268 e. The van der Waals surface area contributed by atoms with Crippen LogP contribution in [0.2, 0.25) is 5.02 Å². The van der Waals surface area contributed by atoms with Gasteiger partial charge in [-0.1, -0.05) is 47.7 Å². The molecule has 0 atom stereocenters. The Labute approximate surface area is 160 Å². The van der Waals surface area contributed by atoms with Crippen molar-refractivity contribution >= 4 is 57.6 Å². The first kappa shape index (κ1) is 18.9. The minimum Gasteiger partial charge on any atom is -0.268 e. The highest BCUT2D eigenvalue weighted by molar-refractivity contribution is 8.27. The lowest BCUT2D eigenvalue weighted by atomic mass is 10.1. The first-order valence-electron chi connectivity index (χ1n) is 7.07. The van der Waals surface area contributed by atoms with E-state index in [9.17, 15) is 22.4 Å². The zero-order valence-electron chi connectivity index (χ0n) is 12.7. The molecule has 0 aromatic heterocycles. The van der Waals surface area contributed by atoms with E-state index < -0.39 is 23.5 Å². The molecule has 0 radical (unpaired) electrons. The van der Waals surface area contributed by atoms with Crippen molar-refractivity contribution in [2.24, 2.45) is 0 Å². The molecule has 1 aliphatic rings. The predicted octanol–water partition coefficient (Wildman–Crippen LogP) is 5.90. The molecule has 1 heterocycles. The number of thioether (sulfide) groups is 1. The minimum atomic E-state index is -4.55. The maximum atomic E-state index is 13.9. The number of alkyl halides is 3. The van der Waals surface area contributed by atoms with Crippen molar-refractivity contribution in [3.05, 3.63) is 69.3 Å². The molecule has 134 valence electrons. The Balaban J connectivity index is 1.99. The molecule has 0 saturated carbocycles. The summed E-state index contributed by atoms with van der Waals surface area (Å²) in [6.45, 7) is 0. The van der Waals surface area contributed by atoms with E-state index in [0.29, 0.717) is 0 Å². The zero-order valence-corrected chi connectivity index (χ0v) is 15.1. The summed E-state index contributed by atoms with van der Waals surface area (Å²) in [6.07, 6.45) is -3.31. The van der Waals surface area contributed by atoms with E-state index in [2.05, 4.69) is 0 Å². The van der Waals surface area contributed by atoms with E-state index in [0.717, 1.165) is 28.8 Å². The molecule has 3 rings (SSSR count). The maximum absolute atomic E-state index is 13.9. The summed E-state index contributed by atoms with van der Waals surface area (Å²) in [6, 6.07) is 8.34. The van der Waals surface area contributed by atoms with Gasteiger partial charge in [0.2, 0.25) is 0 Å². The Morgan fingerprint density at radius 3 is 2.50 bits per heavy atom. The number of amides is 1. The summed E-state index contributed by atoms with van der Waals surface area (Å²) in [5, 5.41) is 0.106. The van der Waals surface area contributed by atoms with E-state index in [-0.39, 0.29) is 25.5 Å². The second-order valence-electron chi connectivity index (χ2n) is 5.20. The van der Waals surface area contributed by atoms with E-state index in [4.69, 9.17) is 23.8 Å². The summed E-state index contributed by atoms with van der Waals surface area (Å²) in [5.41, 5.74) is -0.894. The van der Waals surface area contributed by atoms with Crippen LogP contribution in [0.15, 0.2) is 47.4 Å². The summed E-state index contributed by atoms with van der Waals surface area (Å²) in [7, 11) is 0. The van der Waals surface area contributed by atoms with E-state index >= 15 is 0 Å². The second-order valence-corrected chi connectivity index (χ2v) is 7.28. The molecule has 9 heteroatoms. The molecule has 2 aromatic carbocycles. The lowest BCUT2D eigenvalue weighted by Crippen LogP contribution is -2.27. The van der Waals surface area contributed by atoms with Gasteiger partial charge in [-0.2, -0.15) is 13.2 Å². The fraction of sp³-hybridized carbons (Fsp3) is 0.0588. The first-order valence-corrected chi connectivity index (χ1v) is 8.68. The van der Waals surface area contributed by atoms with Crippen LogP contribution in [0.5, 0.6) is 0 Å². The Hall–Kier alpha value is -1.90. The van der Waals surface area contributed by atoms with Gasteiger partial charge in [0, 0.05) is 5.56 Å². The third-order valence-corrected chi connectivity index (χ3v) is 5.13. The first-order chi connectivity index (χ1) is 12.2. The van der Waals surface area contributed by atoms with Crippen LogP contribution in [-0.2, 0) is 11.0 Å². The number of rotatable bonds is 2. The summed E-state index contributed by atoms with van der Waals surface area (Å²) in [4.78, 5) is 13.7. The number of carbonyl (C=O) groups excluding carboxylic acids is 1. The lowest BCUT2D eigenvalue weighted by molar-refractivity contribution is -0.137. The van der Waals surface area contributed by atoms with Crippen LogP contribution >= 0.6 is 35.6 Å². The van der Waals surface area contributed by atoms with Crippen molar-refractivity contribution in [1.82, 2.24) is 0 Å². The van der Waals surface area contributed by atoms with Gasteiger partial charge >= 0.3 is 6.18 Å². The quantitative estimate of drug-likeness (QED) is 0.344. The van der Waals surface area contributed by atoms with Crippen LogP contribution in [0.3, 0.4) is 0 Å². The van der Waals surface area contributed by atoms with Crippen molar-refractivity contribution in [3.63, 3.8) is 0 Å².